The molecule has 1 fully saturated rings. The van der Waals surface area contributed by atoms with Crippen molar-refractivity contribution in [1.29, 1.82) is 0 Å². The molecule has 2 aromatic carbocycles. The van der Waals surface area contributed by atoms with Crippen molar-refractivity contribution in [2.24, 2.45) is 11.3 Å². The average molecular weight is 639 g/mol. The second-order valence-electron chi connectivity index (χ2n) is 12.1. The van der Waals surface area contributed by atoms with E-state index in [1.165, 1.54) is 7.11 Å². The van der Waals surface area contributed by atoms with E-state index in [-0.39, 0.29) is 36.4 Å². The summed E-state index contributed by atoms with van der Waals surface area (Å²) in [4.78, 5) is 29.1. The van der Waals surface area contributed by atoms with Gasteiger partial charge in [0.1, 0.15) is 0 Å². The minimum atomic E-state index is -3.43. The fourth-order valence-corrected chi connectivity index (χ4v) is 7.96. The number of aryl methyl sites for hydroxylation is 2. The lowest BCUT2D eigenvalue weighted by atomic mass is 9.69. The van der Waals surface area contributed by atoms with E-state index in [9.17, 15) is 23.1 Å². The van der Waals surface area contributed by atoms with Crippen molar-refractivity contribution >= 4 is 27.4 Å². The van der Waals surface area contributed by atoms with E-state index in [0.29, 0.717) is 29.2 Å². The van der Waals surface area contributed by atoms with Gasteiger partial charge in [0.05, 0.1) is 30.2 Å². The van der Waals surface area contributed by atoms with Crippen LogP contribution in [0.4, 0.5) is 5.69 Å². The number of anilines is 1. The number of methoxy groups -OCH3 is 1. The molecule has 2 aromatic rings. The van der Waals surface area contributed by atoms with Crippen molar-refractivity contribution in [3.8, 4) is 17.2 Å². The van der Waals surface area contributed by atoms with E-state index in [1.807, 2.05) is 49.9 Å². The molecular formula is C34H42N2O8S. The van der Waals surface area contributed by atoms with Gasteiger partial charge in [0, 0.05) is 29.6 Å². The smallest absolute Gasteiger partial charge is 0.308 e. The lowest BCUT2D eigenvalue weighted by molar-refractivity contribution is -0.144. The zero-order chi connectivity index (χ0) is 32.5. The van der Waals surface area contributed by atoms with Gasteiger partial charge in [0.2, 0.25) is 18.4 Å². The summed E-state index contributed by atoms with van der Waals surface area (Å²) in [6.07, 6.45) is 6.89. The zero-order valence-corrected chi connectivity index (χ0v) is 27.3. The molecule has 1 saturated heterocycles. The number of sulfone groups is 1. The van der Waals surface area contributed by atoms with Crippen molar-refractivity contribution < 1.29 is 37.3 Å². The first-order valence-corrected chi connectivity index (χ1v) is 17.1. The molecule has 242 valence electrons. The Hall–Kier alpha value is -3.83. The maximum absolute atomic E-state index is 13.8. The van der Waals surface area contributed by atoms with Gasteiger partial charge in [-0.3, -0.25) is 14.5 Å². The van der Waals surface area contributed by atoms with Gasteiger partial charge in [-0.05, 0) is 54.2 Å². The lowest BCUT2D eigenvalue weighted by Gasteiger charge is -2.41. The Morgan fingerprint density at radius 3 is 2.42 bits per heavy atom. The number of carboxylic acids is 1. The molecule has 2 N–H and O–H groups in total. The summed E-state index contributed by atoms with van der Waals surface area (Å²) < 4.78 is 42.0. The molecule has 11 heteroatoms. The normalized spacial score (nSPS) is 24.4. The van der Waals surface area contributed by atoms with Crippen molar-refractivity contribution in [3.63, 3.8) is 0 Å². The number of rotatable bonds is 11. The van der Waals surface area contributed by atoms with Gasteiger partial charge in [0.25, 0.3) is 0 Å². The summed E-state index contributed by atoms with van der Waals surface area (Å²) in [5, 5.41) is 13.9. The molecule has 10 nitrogen and oxygen atoms in total. The van der Waals surface area contributed by atoms with Crippen LogP contribution in [-0.4, -0.2) is 69.1 Å². The molecule has 1 unspecified atom stereocenters. The number of carboxylic acid groups (broad SMARTS) is 1. The number of amides is 1. The molecule has 1 aliphatic carbocycles. The number of likely N-dealkylation sites (tertiary alicyclic amines) is 1. The van der Waals surface area contributed by atoms with Gasteiger partial charge in [0.15, 0.2) is 21.3 Å². The Labute approximate surface area is 265 Å². The van der Waals surface area contributed by atoms with Crippen molar-refractivity contribution in [2.75, 3.05) is 38.1 Å². The van der Waals surface area contributed by atoms with E-state index >= 15 is 0 Å². The number of para-hydroxylation sites is 1. The third-order valence-electron chi connectivity index (χ3n) is 9.39. The minimum absolute atomic E-state index is 0.0274. The number of hydrogen-bond donors (Lipinski definition) is 2. The molecule has 0 aromatic heterocycles. The number of fused-ring (bicyclic) bond motifs is 1. The SMILES string of the molecule is CCc1cccc(CC)c1NC(=O)CN1C[C@H](c2cc(OC)c3c(c2)OCO3)[C@@H](C(=O)O)[C@@H]1C1(C)C=CC(S(=O)(=O)CC)=CC1. The number of allylic oxidation sites excluding steroid dienone is 2. The topological polar surface area (TPSA) is 131 Å². The largest absolute Gasteiger partial charge is 0.493 e. The van der Waals surface area contributed by atoms with E-state index in [1.54, 1.807) is 31.2 Å². The van der Waals surface area contributed by atoms with Gasteiger partial charge < -0.3 is 24.6 Å². The van der Waals surface area contributed by atoms with Crippen molar-refractivity contribution in [1.82, 2.24) is 4.90 Å². The van der Waals surface area contributed by atoms with Crippen LogP contribution in [0, 0.1) is 11.3 Å². The second kappa shape index (κ2) is 12.9. The molecule has 0 spiro atoms. The number of nitrogens with zero attached hydrogens (tertiary/aromatic N) is 1. The number of hydrogen-bond acceptors (Lipinski definition) is 8. The van der Waals surface area contributed by atoms with Crippen LogP contribution in [0.3, 0.4) is 0 Å². The molecule has 0 saturated carbocycles. The Bertz CT molecular complexity index is 1630. The molecule has 45 heavy (non-hydrogen) atoms. The third kappa shape index (κ3) is 6.20. The predicted molar refractivity (Wildman–Crippen MR) is 172 cm³/mol. The number of nitrogens with one attached hydrogen (secondary N) is 1. The fourth-order valence-electron chi connectivity index (χ4n) is 7.01. The number of benzene rings is 2. The quantitative estimate of drug-likeness (QED) is 0.351. The minimum Gasteiger partial charge on any atom is -0.493 e. The first-order valence-electron chi connectivity index (χ1n) is 15.4. The molecule has 1 amide bonds. The Balaban J connectivity index is 1.54. The van der Waals surface area contributed by atoms with E-state index in [0.717, 1.165) is 29.7 Å². The maximum Gasteiger partial charge on any atom is 0.308 e. The van der Waals surface area contributed by atoms with E-state index in [4.69, 9.17) is 14.2 Å². The summed E-state index contributed by atoms with van der Waals surface area (Å²) in [6, 6.07) is 8.93. The van der Waals surface area contributed by atoms with Crippen LogP contribution in [0.2, 0.25) is 0 Å². The molecule has 2 aliphatic heterocycles. The molecule has 0 radical (unpaired) electrons. The van der Waals surface area contributed by atoms with Crippen LogP contribution >= 0.6 is 0 Å². The maximum atomic E-state index is 13.8. The van der Waals surface area contributed by atoms with Crippen LogP contribution in [0.5, 0.6) is 17.2 Å². The van der Waals surface area contributed by atoms with Crippen LogP contribution < -0.4 is 19.5 Å². The van der Waals surface area contributed by atoms with Gasteiger partial charge in [-0.15, -0.1) is 0 Å². The highest BCUT2D eigenvalue weighted by Gasteiger charge is 2.54. The van der Waals surface area contributed by atoms with Gasteiger partial charge in [-0.2, -0.15) is 0 Å². The first kappa shape index (κ1) is 32.6. The Morgan fingerprint density at radius 2 is 1.84 bits per heavy atom. The second-order valence-corrected chi connectivity index (χ2v) is 14.3. The predicted octanol–water partition coefficient (Wildman–Crippen LogP) is 4.94. The van der Waals surface area contributed by atoms with E-state index in [2.05, 4.69) is 5.32 Å². The third-order valence-corrected chi connectivity index (χ3v) is 11.2. The number of ether oxygens (including phenoxy) is 3. The first-order chi connectivity index (χ1) is 21.5. The summed E-state index contributed by atoms with van der Waals surface area (Å²) in [6.45, 7) is 7.89. The molecule has 5 rings (SSSR count). The summed E-state index contributed by atoms with van der Waals surface area (Å²) >= 11 is 0. The number of carbonyl (C=O) groups is 2. The van der Waals surface area contributed by atoms with Gasteiger partial charge in [-0.1, -0.05) is 58.0 Å². The monoisotopic (exact) mass is 638 g/mol. The highest BCUT2D eigenvalue weighted by Crippen LogP contribution is 2.51. The van der Waals surface area contributed by atoms with Crippen LogP contribution in [-0.2, 0) is 32.3 Å². The van der Waals surface area contributed by atoms with Crippen LogP contribution in [0.15, 0.2) is 53.5 Å². The Kier molecular flexibility index (Phi) is 9.32. The van der Waals surface area contributed by atoms with Crippen molar-refractivity contribution in [3.05, 3.63) is 70.2 Å². The van der Waals surface area contributed by atoms with Crippen molar-refractivity contribution in [2.45, 2.75) is 58.9 Å². The van der Waals surface area contributed by atoms with Crippen LogP contribution in [0.25, 0.3) is 0 Å². The fraction of sp³-hybridized carbons (Fsp3) is 0.471. The summed E-state index contributed by atoms with van der Waals surface area (Å²) in [7, 11) is -1.91. The van der Waals surface area contributed by atoms with Crippen LogP contribution in [0.1, 0.15) is 56.7 Å². The summed E-state index contributed by atoms with van der Waals surface area (Å²) in [5.41, 5.74) is 2.80. The van der Waals surface area contributed by atoms with E-state index < -0.39 is 39.1 Å². The molecular weight excluding hydrogens is 596 g/mol. The van der Waals surface area contributed by atoms with Gasteiger partial charge in [-0.25, -0.2) is 8.42 Å². The standard InChI is InChI=1S/C34H42N2O8S/c1-6-21-10-9-11-22(7-2)30(21)35-28(37)19-36-18-25(23-16-26(42-5)31-27(17-23)43-20-44-31)29(33(38)39)32(36)34(4)14-12-24(13-15-34)45(40,41)8-3/h9-14,16-17,25,29,32H,6-8,15,18-20H2,1-5H3,(H,35,37)(H,38,39)/t25-,29-,32-,34?/m1/s1. The molecule has 3 aliphatic rings. The molecule has 0 bridgehead atoms. The highest BCUT2D eigenvalue weighted by molar-refractivity contribution is 7.95. The highest BCUT2D eigenvalue weighted by atomic mass is 32.2. The Morgan fingerprint density at radius 1 is 1.13 bits per heavy atom. The summed E-state index contributed by atoms with van der Waals surface area (Å²) in [5.74, 6) is -1.32. The molecule has 4 atom stereocenters. The number of carbonyl (C=O) groups excluding carboxylic acids is 1. The average Bonchev–Trinajstić information content (AvgIpc) is 3.66. The molecule has 2 heterocycles. The number of aliphatic carboxylic acids is 1. The lowest BCUT2D eigenvalue weighted by Crippen LogP contribution is -2.49. The zero-order valence-electron chi connectivity index (χ0n) is 26.5. The van der Waals surface area contributed by atoms with Gasteiger partial charge >= 0.3 is 5.97 Å².